The third kappa shape index (κ3) is 6.11. The number of hydrogen-bond acceptors (Lipinski definition) is 3. The minimum atomic E-state index is 0.644. The van der Waals surface area contributed by atoms with Crippen LogP contribution >= 0.6 is 0 Å². The molecule has 0 aliphatic rings. The molecule has 0 aromatic heterocycles. The van der Waals surface area contributed by atoms with Crippen LogP contribution in [0.2, 0.25) is 0 Å². The normalized spacial score (nSPS) is 10.6. The van der Waals surface area contributed by atoms with Crippen LogP contribution in [0.5, 0.6) is 11.5 Å². The third-order valence-corrected chi connectivity index (χ3v) is 2.95. The molecule has 1 aromatic rings. The molecule has 1 rings (SSSR count). The standard InChI is InChI=1S/C17H27NO2/c1-5-6-7-10-20-17-11-16(19-4)9-8-15(17)13-18-12-14(2)3/h5,8-9,11,14,18H,1,6-7,10,12-13H2,2-4H3. The largest absolute Gasteiger partial charge is 0.497 e. The molecule has 1 aromatic carbocycles. The first-order chi connectivity index (χ1) is 9.67. The molecular weight excluding hydrogens is 250 g/mol. The van der Waals surface area contributed by atoms with Crippen LogP contribution in [0.3, 0.4) is 0 Å². The fourth-order valence-corrected chi connectivity index (χ4v) is 1.85. The van der Waals surface area contributed by atoms with E-state index in [4.69, 9.17) is 9.47 Å². The predicted octanol–water partition coefficient (Wildman–Crippen LogP) is 3.79. The van der Waals surface area contributed by atoms with Gasteiger partial charge in [0, 0.05) is 18.2 Å². The van der Waals surface area contributed by atoms with E-state index in [1.807, 2.05) is 18.2 Å². The van der Waals surface area contributed by atoms with Gasteiger partial charge in [0.2, 0.25) is 0 Å². The summed E-state index contributed by atoms with van der Waals surface area (Å²) in [6, 6.07) is 6.00. The molecule has 0 unspecified atom stereocenters. The van der Waals surface area contributed by atoms with E-state index in [-0.39, 0.29) is 0 Å². The maximum Gasteiger partial charge on any atom is 0.127 e. The monoisotopic (exact) mass is 277 g/mol. The summed E-state index contributed by atoms with van der Waals surface area (Å²) >= 11 is 0. The minimum absolute atomic E-state index is 0.644. The molecule has 3 heteroatoms. The molecule has 0 aliphatic carbocycles. The van der Waals surface area contributed by atoms with Gasteiger partial charge in [0.1, 0.15) is 11.5 Å². The Morgan fingerprint density at radius 3 is 2.80 bits per heavy atom. The molecule has 0 saturated carbocycles. The van der Waals surface area contributed by atoms with Gasteiger partial charge in [-0.1, -0.05) is 26.0 Å². The zero-order chi connectivity index (χ0) is 14.8. The second-order valence-corrected chi connectivity index (χ2v) is 5.28. The number of allylic oxidation sites excluding steroid dienone is 1. The summed E-state index contributed by atoms with van der Waals surface area (Å²) in [6.45, 7) is 10.7. The Bertz CT molecular complexity index is 402. The molecule has 0 atom stereocenters. The first-order valence-corrected chi connectivity index (χ1v) is 7.28. The molecule has 1 N–H and O–H groups in total. The van der Waals surface area contributed by atoms with E-state index in [2.05, 4.69) is 31.8 Å². The molecule has 0 saturated heterocycles. The van der Waals surface area contributed by atoms with Crippen LogP contribution in [0.1, 0.15) is 32.3 Å². The highest BCUT2D eigenvalue weighted by molar-refractivity contribution is 5.40. The van der Waals surface area contributed by atoms with Crippen LogP contribution in [0.15, 0.2) is 30.9 Å². The van der Waals surface area contributed by atoms with Gasteiger partial charge in [-0.2, -0.15) is 0 Å². The summed E-state index contributed by atoms with van der Waals surface area (Å²) in [5.74, 6) is 2.38. The fraction of sp³-hybridized carbons (Fsp3) is 0.529. The second kappa shape index (κ2) is 9.43. The van der Waals surface area contributed by atoms with Crippen molar-refractivity contribution in [2.75, 3.05) is 20.3 Å². The van der Waals surface area contributed by atoms with Crippen molar-refractivity contribution >= 4 is 0 Å². The van der Waals surface area contributed by atoms with Crippen LogP contribution in [-0.2, 0) is 6.54 Å². The van der Waals surface area contributed by atoms with Crippen molar-refractivity contribution in [3.8, 4) is 11.5 Å². The van der Waals surface area contributed by atoms with Crippen molar-refractivity contribution in [1.82, 2.24) is 5.32 Å². The smallest absolute Gasteiger partial charge is 0.127 e. The Balaban J connectivity index is 2.62. The highest BCUT2D eigenvalue weighted by Gasteiger charge is 2.06. The lowest BCUT2D eigenvalue weighted by Crippen LogP contribution is -2.19. The first kappa shape index (κ1) is 16.6. The van der Waals surface area contributed by atoms with Gasteiger partial charge < -0.3 is 14.8 Å². The van der Waals surface area contributed by atoms with Gasteiger partial charge in [0.25, 0.3) is 0 Å². The van der Waals surface area contributed by atoms with E-state index in [1.165, 1.54) is 5.56 Å². The van der Waals surface area contributed by atoms with E-state index < -0.39 is 0 Å². The minimum Gasteiger partial charge on any atom is -0.497 e. The topological polar surface area (TPSA) is 30.5 Å². The predicted molar refractivity (Wildman–Crippen MR) is 84.5 cm³/mol. The average Bonchev–Trinajstić information content (AvgIpc) is 2.44. The molecule has 3 nitrogen and oxygen atoms in total. The van der Waals surface area contributed by atoms with Crippen LogP contribution < -0.4 is 14.8 Å². The number of benzene rings is 1. The molecule has 0 aliphatic heterocycles. The van der Waals surface area contributed by atoms with Crippen LogP contribution in [0.4, 0.5) is 0 Å². The molecule has 0 spiro atoms. The lowest BCUT2D eigenvalue weighted by atomic mass is 10.1. The second-order valence-electron chi connectivity index (χ2n) is 5.28. The molecule has 0 amide bonds. The molecular formula is C17H27NO2. The Kier molecular flexibility index (Phi) is 7.81. The summed E-state index contributed by atoms with van der Waals surface area (Å²) in [5.41, 5.74) is 1.17. The van der Waals surface area contributed by atoms with Gasteiger partial charge in [-0.3, -0.25) is 0 Å². The highest BCUT2D eigenvalue weighted by atomic mass is 16.5. The number of nitrogens with one attached hydrogen (secondary N) is 1. The van der Waals surface area contributed by atoms with Gasteiger partial charge in [-0.25, -0.2) is 0 Å². The fourth-order valence-electron chi connectivity index (χ4n) is 1.85. The van der Waals surface area contributed by atoms with Crippen molar-refractivity contribution < 1.29 is 9.47 Å². The quantitative estimate of drug-likeness (QED) is 0.521. The molecule has 112 valence electrons. The van der Waals surface area contributed by atoms with Crippen molar-refractivity contribution in [3.63, 3.8) is 0 Å². The summed E-state index contributed by atoms with van der Waals surface area (Å²) in [4.78, 5) is 0. The van der Waals surface area contributed by atoms with E-state index in [0.717, 1.165) is 37.4 Å². The number of rotatable bonds is 10. The van der Waals surface area contributed by atoms with Crippen LogP contribution in [-0.4, -0.2) is 20.3 Å². The molecule has 0 heterocycles. The summed E-state index contributed by atoms with van der Waals surface area (Å²) in [7, 11) is 1.67. The lowest BCUT2D eigenvalue weighted by Gasteiger charge is -2.14. The Morgan fingerprint density at radius 2 is 2.15 bits per heavy atom. The van der Waals surface area contributed by atoms with Gasteiger partial charge >= 0.3 is 0 Å². The van der Waals surface area contributed by atoms with Gasteiger partial charge in [-0.15, -0.1) is 6.58 Å². The van der Waals surface area contributed by atoms with Crippen molar-refractivity contribution in [3.05, 3.63) is 36.4 Å². The molecule has 0 fully saturated rings. The SMILES string of the molecule is C=CCCCOc1cc(OC)ccc1CNCC(C)C. The van der Waals surface area contributed by atoms with Crippen LogP contribution in [0, 0.1) is 5.92 Å². The number of ether oxygens (including phenoxy) is 2. The van der Waals surface area contributed by atoms with E-state index in [0.29, 0.717) is 12.5 Å². The van der Waals surface area contributed by atoms with Crippen molar-refractivity contribution in [1.29, 1.82) is 0 Å². The lowest BCUT2D eigenvalue weighted by molar-refractivity contribution is 0.305. The number of hydrogen-bond donors (Lipinski definition) is 1. The Morgan fingerprint density at radius 1 is 1.35 bits per heavy atom. The summed E-state index contributed by atoms with van der Waals surface area (Å²) < 4.78 is 11.1. The third-order valence-electron chi connectivity index (χ3n) is 2.95. The number of methoxy groups -OCH3 is 1. The Labute approximate surface area is 123 Å². The van der Waals surface area contributed by atoms with Crippen molar-refractivity contribution in [2.24, 2.45) is 5.92 Å². The maximum atomic E-state index is 5.87. The zero-order valence-corrected chi connectivity index (χ0v) is 12.9. The van der Waals surface area contributed by atoms with Crippen molar-refractivity contribution in [2.45, 2.75) is 33.2 Å². The first-order valence-electron chi connectivity index (χ1n) is 7.28. The molecule has 0 radical (unpaired) electrons. The van der Waals surface area contributed by atoms with E-state index in [9.17, 15) is 0 Å². The molecule has 0 bridgehead atoms. The maximum absolute atomic E-state index is 5.87. The van der Waals surface area contributed by atoms with E-state index in [1.54, 1.807) is 7.11 Å². The van der Waals surface area contributed by atoms with Gasteiger partial charge in [-0.05, 0) is 31.4 Å². The average molecular weight is 277 g/mol. The van der Waals surface area contributed by atoms with Gasteiger partial charge in [0.15, 0.2) is 0 Å². The number of unbranched alkanes of at least 4 members (excludes halogenated alkanes) is 1. The van der Waals surface area contributed by atoms with Gasteiger partial charge in [0.05, 0.1) is 13.7 Å². The zero-order valence-electron chi connectivity index (χ0n) is 12.9. The Hall–Kier alpha value is -1.48. The molecule has 20 heavy (non-hydrogen) atoms. The summed E-state index contributed by atoms with van der Waals surface area (Å²) in [6.07, 6.45) is 3.88. The highest BCUT2D eigenvalue weighted by Crippen LogP contribution is 2.25. The van der Waals surface area contributed by atoms with E-state index >= 15 is 0 Å². The van der Waals surface area contributed by atoms with Crippen LogP contribution in [0.25, 0.3) is 0 Å². The summed E-state index contributed by atoms with van der Waals surface area (Å²) in [5, 5.41) is 3.44.